The minimum Gasteiger partial charge on any atom is -0.262 e. The van der Waals surface area contributed by atoms with Crippen LogP contribution in [0.2, 0.25) is 5.02 Å². The predicted molar refractivity (Wildman–Crippen MR) is 54.2 cm³/mol. The Morgan fingerprint density at radius 3 is 2.79 bits per heavy atom. The zero-order chi connectivity index (χ0) is 9.97. The predicted octanol–water partition coefficient (Wildman–Crippen LogP) is 2.26. The summed E-state index contributed by atoms with van der Waals surface area (Å²) in [6.07, 6.45) is 1.55. The highest BCUT2D eigenvalue weighted by atomic mass is 35.5. The van der Waals surface area contributed by atoms with E-state index in [0.29, 0.717) is 28.2 Å². The van der Waals surface area contributed by atoms with Gasteiger partial charge < -0.3 is 0 Å². The molecule has 4 nitrogen and oxygen atoms in total. The molecule has 0 unspecified atom stereocenters. The van der Waals surface area contributed by atoms with Crippen molar-refractivity contribution in [2.45, 2.75) is 5.88 Å². The Kier molecular flexibility index (Phi) is 2.65. The van der Waals surface area contributed by atoms with Gasteiger partial charge in [0.1, 0.15) is 11.5 Å². The summed E-state index contributed by atoms with van der Waals surface area (Å²) in [5.74, 6) is 1.45. The minimum atomic E-state index is 0.306. The average molecular weight is 229 g/mol. The van der Waals surface area contributed by atoms with Gasteiger partial charge in [0.25, 0.3) is 0 Å². The van der Waals surface area contributed by atoms with Gasteiger partial charge in [-0.05, 0) is 12.1 Å². The third kappa shape index (κ3) is 1.86. The molecular weight excluding hydrogens is 223 g/mol. The van der Waals surface area contributed by atoms with Crippen LogP contribution in [-0.2, 0) is 5.88 Å². The lowest BCUT2D eigenvalue weighted by atomic mass is 10.3. The van der Waals surface area contributed by atoms with Gasteiger partial charge in [-0.3, -0.25) is 10.1 Å². The molecule has 0 saturated heterocycles. The Balaban J connectivity index is 2.34. The van der Waals surface area contributed by atoms with E-state index in [1.165, 1.54) is 0 Å². The molecule has 2 heterocycles. The van der Waals surface area contributed by atoms with E-state index in [1.807, 2.05) is 0 Å². The first-order valence-corrected chi connectivity index (χ1v) is 4.80. The topological polar surface area (TPSA) is 54.5 Å². The Morgan fingerprint density at radius 2 is 2.21 bits per heavy atom. The van der Waals surface area contributed by atoms with E-state index in [9.17, 15) is 0 Å². The van der Waals surface area contributed by atoms with Crippen LogP contribution in [0.5, 0.6) is 0 Å². The van der Waals surface area contributed by atoms with E-state index < -0.39 is 0 Å². The SMILES string of the molecule is ClCc1nc(-c2ccc(Cl)cn2)n[nH]1. The molecule has 6 heteroatoms. The summed E-state index contributed by atoms with van der Waals surface area (Å²) < 4.78 is 0. The lowest BCUT2D eigenvalue weighted by Gasteiger charge is -1.92. The molecule has 2 aromatic heterocycles. The zero-order valence-corrected chi connectivity index (χ0v) is 8.55. The molecule has 0 spiro atoms. The first-order valence-electron chi connectivity index (χ1n) is 3.89. The summed E-state index contributed by atoms with van der Waals surface area (Å²) in [6.45, 7) is 0. The van der Waals surface area contributed by atoms with E-state index in [2.05, 4.69) is 20.2 Å². The lowest BCUT2D eigenvalue weighted by Crippen LogP contribution is -1.85. The quantitative estimate of drug-likeness (QED) is 0.803. The summed E-state index contributed by atoms with van der Waals surface area (Å²) in [7, 11) is 0. The molecule has 0 aromatic carbocycles. The number of pyridine rings is 1. The summed E-state index contributed by atoms with van der Waals surface area (Å²) in [5.41, 5.74) is 0.669. The highest BCUT2D eigenvalue weighted by Crippen LogP contribution is 2.14. The minimum absolute atomic E-state index is 0.306. The molecule has 0 aliphatic carbocycles. The molecule has 0 radical (unpaired) electrons. The molecule has 2 aromatic rings. The van der Waals surface area contributed by atoms with Crippen molar-refractivity contribution in [1.82, 2.24) is 20.2 Å². The van der Waals surface area contributed by atoms with Crippen LogP contribution in [0, 0.1) is 0 Å². The molecule has 0 fully saturated rings. The number of nitrogens with zero attached hydrogens (tertiary/aromatic N) is 3. The standard InChI is InChI=1S/C8H6Cl2N4/c9-3-7-12-8(14-13-7)6-2-1-5(10)4-11-6/h1-2,4H,3H2,(H,12,13,14). The van der Waals surface area contributed by atoms with Gasteiger partial charge in [0.2, 0.25) is 0 Å². The number of hydrogen-bond donors (Lipinski definition) is 1. The number of rotatable bonds is 2. The Hall–Kier alpha value is -1.13. The zero-order valence-electron chi connectivity index (χ0n) is 7.04. The highest BCUT2D eigenvalue weighted by Gasteiger charge is 2.05. The van der Waals surface area contributed by atoms with Crippen LogP contribution in [-0.4, -0.2) is 20.2 Å². The number of hydrogen-bond acceptors (Lipinski definition) is 3. The van der Waals surface area contributed by atoms with Gasteiger partial charge in [-0.1, -0.05) is 11.6 Å². The first kappa shape index (κ1) is 9.43. The lowest BCUT2D eigenvalue weighted by molar-refractivity contribution is 1.02. The number of aromatic nitrogens is 4. The fraction of sp³-hybridized carbons (Fsp3) is 0.125. The van der Waals surface area contributed by atoms with Crippen molar-refractivity contribution in [1.29, 1.82) is 0 Å². The maximum absolute atomic E-state index is 5.70. The second-order valence-corrected chi connectivity index (χ2v) is 3.30. The van der Waals surface area contributed by atoms with Crippen LogP contribution in [0.25, 0.3) is 11.5 Å². The van der Waals surface area contributed by atoms with Crippen molar-refractivity contribution in [3.8, 4) is 11.5 Å². The van der Waals surface area contributed by atoms with E-state index in [1.54, 1.807) is 18.3 Å². The maximum Gasteiger partial charge on any atom is 0.199 e. The van der Waals surface area contributed by atoms with Crippen molar-refractivity contribution in [2.75, 3.05) is 0 Å². The molecule has 0 atom stereocenters. The van der Waals surface area contributed by atoms with E-state index in [4.69, 9.17) is 23.2 Å². The third-order valence-electron chi connectivity index (χ3n) is 1.61. The molecule has 72 valence electrons. The van der Waals surface area contributed by atoms with Crippen molar-refractivity contribution >= 4 is 23.2 Å². The van der Waals surface area contributed by atoms with Gasteiger partial charge in [0.05, 0.1) is 10.9 Å². The van der Waals surface area contributed by atoms with Crippen LogP contribution in [0.1, 0.15) is 5.82 Å². The highest BCUT2D eigenvalue weighted by molar-refractivity contribution is 6.30. The average Bonchev–Trinajstić information content (AvgIpc) is 2.67. The van der Waals surface area contributed by atoms with Crippen LogP contribution in [0.15, 0.2) is 18.3 Å². The number of nitrogens with one attached hydrogen (secondary N) is 1. The Morgan fingerprint density at radius 1 is 1.36 bits per heavy atom. The second-order valence-electron chi connectivity index (χ2n) is 2.60. The Bertz CT molecular complexity index is 423. The van der Waals surface area contributed by atoms with E-state index >= 15 is 0 Å². The number of H-pyrrole nitrogens is 1. The molecular formula is C8H6Cl2N4. The van der Waals surface area contributed by atoms with Crippen LogP contribution < -0.4 is 0 Å². The number of aromatic amines is 1. The van der Waals surface area contributed by atoms with Crippen molar-refractivity contribution in [3.05, 3.63) is 29.2 Å². The van der Waals surface area contributed by atoms with Gasteiger partial charge in [0.15, 0.2) is 5.82 Å². The van der Waals surface area contributed by atoms with Gasteiger partial charge >= 0.3 is 0 Å². The molecule has 0 saturated carbocycles. The van der Waals surface area contributed by atoms with Crippen molar-refractivity contribution in [3.63, 3.8) is 0 Å². The summed E-state index contributed by atoms with van der Waals surface area (Å²) in [4.78, 5) is 8.20. The third-order valence-corrected chi connectivity index (χ3v) is 2.09. The molecule has 0 amide bonds. The smallest absolute Gasteiger partial charge is 0.199 e. The molecule has 0 aliphatic rings. The molecule has 0 aliphatic heterocycles. The fourth-order valence-corrected chi connectivity index (χ4v) is 1.21. The van der Waals surface area contributed by atoms with Gasteiger partial charge in [-0.25, -0.2) is 4.98 Å². The maximum atomic E-state index is 5.70. The molecule has 14 heavy (non-hydrogen) atoms. The summed E-state index contributed by atoms with van der Waals surface area (Å²) >= 11 is 11.3. The van der Waals surface area contributed by atoms with Gasteiger partial charge in [0, 0.05) is 6.20 Å². The largest absolute Gasteiger partial charge is 0.262 e. The van der Waals surface area contributed by atoms with Crippen LogP contribution >= 0.6 is 23.2 Å². The number of halogens is 2. The molecule has 1 N–H and O–H groups in total. The number of alkyl halides is 1. The Labute approximate surface area is 90.3 Å². The van der Waals surface area contributed by atoms with E-state index in [0.717, 1.165) is 0 Å². The van der Waals surface area contributed by atoms with Crippen molar-refractivity contribution < 1.29 is 0 Å². The summed E-state index contributed by atoms with van der Waals surface area (Å²) in [5, 5.41) is 7.25. The van der Waals surface area contributed by atoms with E-state index in [-0.39, 0.29) is 0 Å². The van der Waals surface area contributed by atoms with Crippen molar-refractivity contribution in [2.24, 2.45) is 0 Å². The van der Waals surface area contributed by atoms with Crippen LogP contribution in [0.4, 0.5) is 0 Å². The van der Waals surface area contributed by atoms with Gasteiger partial charge in [-0.2, -0.15) is 5.10 Å². The second kappa shape index (κ2) is 3.94. The normalized spacial score (nSPS) is 10.4. The molecule has 2 rings (SSSR count). The fourth-order valence-electron chi connectivity index (χ4n) is 0.978. The first-order chi connectivity index (χ1) is 6.79. The van der Waals surface area contributed by atoms with Gasteiger partial charge in [-0.15, -0.1) is 11.6 Å². The molecule has 0 bridgehead atoms. The van der Waals surface area contributed by atoms with Crippen LogP contribution in [0.3, 0.4) is 0 Å². The monoisotopic (exact) mass is 228 g/mol. The summed E-state index contributed by atoms with van der Waals surface area (Å²) in [6, 6.07) is 3.49.